The molecule has 5 rings (SSSR count). The lowest BCUT2D eigenvalue weighted by Gasteiger charge is -2.32. The van der Waals surface area contributed by atoms with Crippen LogP contribution in [0, 0.1) is 29.2 Å². The van der Waals surface area contributed by atoms with Gasteiger partial charge in [-0.25, -0.2) is 22.5 Å². The molecule has 0 radical (unpaired) electrons. The molecule has 2 aromatic heterocycles. The number of hydrogen-bond donors (Lipinski definition) is 1. The molecule has 3 nitrogen and oxygen atoms in total. The Bertz CT molecular complexity index is 1280. The molecule has 1 N–H and O–H groups in total. The second-order valence-corrected chi connectivity index (χ2v) is 8.47. The zero-order valence-electron chi connectivity index (χ0n) is 16.9. The number of pyridine rings is 1. The first-order valence-corrected chi connectivity index (χ1v) is 10.5. The van der Waals surface area contributed by atoms with Crippen molar-refractivity contribution in [1.29, 1.82) is 0 Å². The molecule has 0 unspecified atom stereocenters. The minimum Gasteiger partial charge on any atom is -0.342 e. The van der Waals surface area contributed by atoms with Crippen molar-refractivity contribution < 1.29 is 17.6 Å². The highest BCUT2D eigenvalue weighted by Gasteiger charge is 2.30. The van der Waals surface area contributed by atoms with Gasteiger partial charge in [-0.05, 0) is 67.3 Å². The minimum atomic E-state index is -1.50. The van der Waals surface area contributed by atoms with Crippen LogP contribution in [-0.2, 0) is 0 Å². The lowest BCUT2D eigenvalue weighted by atomic mass is 9.73. The molecular weight excluding hydrogens is 406 g/mol. The van der Waals surface area contributed by atoms with E-state index in [0.29, 0.717) is 17.7 Å². The van der Waals surface area contributed by atoms with Gasteiger partial charge in [0.2, 0.25) is 0 Å². The Morgan fingerprint density at radius 2 is 1.74 bits per heavy atom. The van der Waals surface area contributed by atoms with Crippen LogP contribution in [0.25, 0.3) is 21.9 Å². The number of aromatic nitrogens is 3. The van der Waals surface area contributed by atoms with Gasteiger partial charge in [-0.2, -0.15) is 0 Å². The first-order chi connectivity index (χ1) is 14.9. The quantitative estimate of drug-likeness (QED) is 0.290. The number of fused-ring (bicyclic) bond motifs is 2. The summed E-state index contributed by atoms with van der Waals surface area (Å²) in [6.45, 7) is 2.00. The summed E-state index contributed by atoms with van der Waals surface area (Å²) in [6.07, 6.45) is 5.48. The fourth-order valence-electron chi connectivity index (χ4n) is 4.94. The van der Waals surface area contributed by atoms with E-state index < -0.39 is 17.5 Å². The molecule has 0 saturated heterocycles. The number of aromatic amines is 1. The van der Waals surface area contributed by atoms with Crippen LogP contribution in [-0.4, -0.2) is 15.0 Å². The summed E-state index contributed by atoms with van der Waals surface area (Å²) < 4.78 is 54.9. The first-order valence-electron chi connectivity index (χ1n) is 10.5. The number of benzene rings is 2. The molecule has 2 heterocycles. The molecule has 7 heteroatoms. The second kappa shape index (κ2) is 7.62. The topological polar surface area (TPSA) is 41.6 Å². The maximum Gasteiger partial charge on any atom is 0.196 e. The van der Waals surface area contributed by atoms with E-state index in [1.807, 2.05) is 13.0 Å². The van der Waals surface area contributed by atoms with Gasteiger partial charge in [-0.15, -0.1) is 0 Å². The highest BCUT2D eigenvalue weighted by molar-refractivity contribution is 5.82. The van der Waals surface area contributed by atoms with Gasteiger partial charge >= 0.3 is 0 Å². The van der Waals surface area contributed by atoms with Crippen molar-refractivity contribution in [2.45, 2.75) is 44.4 Å². The third-order valence-electron chi connectivity index (χ3n) is 6.72. The predicted molar refractivity (Wildman–Crippen MR) is 111 cm³/mol. The highest BCUT2D eigenvalue weighted by atomic mass is 19.2. The van der Waals surface area contributed by atoms with Crippen molar-refractivity contribution in [3.05, 3.63) is 71.2 Å². The van der Waals surface area contributed by atoms with Gasteiger partial charge in [0.25, 0.3) is 0 Å². The van der Waals surface area contributed by atoms with Crippen LogP contribution < -0.4 is 0 Å². The molecule has 1 saturated carbocycles. The van der Waals surface area contributed by atoms with Crippen LogP contribution >= 0.6 is 0 Å². The van der Waals surface area contributed by atoms with E-state index in [2.05, 4.69) is 15.0 Å². The fourth-order valence-corrected chi connectivity index (χ4v) is 4.94. The molecule has 0 spiro atoms. The molecule has 4 aromatic rings. The Morgan fingerprint density at radius 1 is 0.968 bits per heavy atom. The van der Waals surface area contributed by atoms with Crippen molar-refractivity contribution >= 4 is 21.9 Å². The van der Waals surface area contributed by atoms with Crippen LogP contribution in [0.5, 0.6) is 0 Å². The fraction of sp³-hybridized carbons (Fsp3) is 0.333. The smallest absolute Gasteiger partial charge is 0.196 e. The standard InChI is InChI=1S/C24H21F4N3/c1-12(24-30-20-11-18(26)21(27)22(28)23(20)31-24)13-2-4-14(5-3-13)16-8-9-29-19-7-6-15(25)10-17(16)19/h6-14H,2-5H2,1H3,(H,30,31)/t12-,13-,14+/m1/s1. The Labute approximate surface area is 176 Å². The van der Waals surface area contributed by atoms with Crippen molar-refractivity contribution in [3.8, 4) is 0 Å². The Morgan fingerprint density at radius 3 is 2.52 bits per heavy atom. The van der Waals surface area contributed by atoms with Gasteiger partial charge < -0.3 is 4.98 Å². The van der Waals surface area contributed by atoms with E-state index in [0.717, 1.165) is 48.2 Å². The predicted octanol–water partition coefficient (Wildman–Crippen LogP) is 6.75. The Kier molecular flexibility index (Phi) is 4.91. The largest absolute Gasteiger partial charge is 0.342 e. The maximum absolute atomic E-state index is 14.0. The Balaban J connectivity index is 1.36. The molecule has 1 atom stereocenters. The average molecular weight is 427 g/mol. The van der Waals surface area contributed by atoms with Crippen LogP contribution in [0.2, 0.25) is 0 Å². The zero-order valence-corrected chi connectivity index (χ0v) is 16.9. The summed E-state index contributed by atoms with van der Waals surface area (Å²) in [7, 11) is 0. The summed E-state index contributed by atoms with van der Waals surface area (Å²) >= 11 is 0. The second-order valence-electron chi connectivity index (χ2n) is 8.47. The van der Waals surface area contributed by atoms with Crippen molar-refractivity contribution in [2.24, 2.45) is 5.92 Å². The molecular formula is C24H21F4N3. The molecule has 0 aliphatic heterocycles. The molecule has 1 aliphatic rings. The van der Waals surface area contributed by atoms with E-state index >= 15 is 0 Å². The summed E-state index contributed by atoms with van der Waals surface area (Å²) in [5.41, 5.74) is 1.91. The van der Waals surface area contributed by atoms with Crippen molar-refractivity contribution in [3.63, 3.8) is 0 Å². The number of rotatable bonds is 3. The summed E-state index contributed by atoms with van der Waals surface area (Å²) in [4.78, 5) is 11.5. The van der Waals surface area contributed by atoms with E-state index in [-0.39, 0.29) is 22.8 Å². The molecule has 31 heavy (non-hydrogen) atoms. The van der Waals surface area contributed by atoms with Crippen LogP contribution in [0.4, 0.5) is 17.6 Å². The van der Waals surface area contributed by atoms with Crippen LogP contribution in [0.1, 0.15) is 55.8 Å². The maximum atomic E-state index is 14.0. The van der Waals surface area contributed by atoms with E-state index in [1.165, 1.54) is 6.07 Å². The minimum absolute atomic E-state index is 0.00880. The highest BCUT2D eigenvalue weighted by Crippen LogP contribution is 2.43. The van der Waals surface area contributed by atoms with Gasteiger partial charge in [-0.1, -0.05) is 6.92 Å². The van der Waals surface area contributed by atoms with E-state index in [9.17, 15) is 17.6 Å². The number of H-pyrrole nitrogens is 1. The third-order valence-corrected chi connectivity index (χ3v) is 6.72. The number of imidazole rings is 1. The third kappa shape index (κ3) is 3.46. The monoisotopic (exact) mass is 427 g/mol. The SMILES string of the molecule is C[C@@H](c1nc2c(F)c(F)c(F)cc2[nH]1)[C@H]1CC[C@@H](c2ccnc3ccc(F)cc32)CC1. The van der Waals surface area contributed by atoms with Gasteiger partial charge in [-0.3, -0.25) is 4.98 Å². The lowest BCUT2D eigenvalue weighted by molar-refractivity contribution is 0.286. The summed E-state index contributed by atoms with van der Waals surface area (Å²) in [5.74, 6) is -3.11. The molecule has 1 aliphatic carbocycles. The number of halogens is 4. The lowest BCUT2D eigenvalue weighted by Crippen LogP contribution is -2.19. The van der Waals surface area contributed by atoms with Crippen LogP contribution in [0.3, 0.4) is 0 Å². The zero-order chi connectivity index (χ0) is 21.7. The Hall–Kier alpha value is -2.96. The number of hydrogen-bond acceptors (Lipinski definition) is 2. The van der Waals surface area contributed by atoms with E-state index in [1.54, 1.807) is 18.3 Å². The van der Waals surface area contributed by atoms with E-state index in [4.69, 9.17) is 0 Å². The first kappa shape index (κ1) is 20.0. The molecule has 1 fully saturated rings. The molecule has 2 aromatic carbocycles. The van der Waals surface area contributed by atoms with Crippen LogP contribution in [0.15, 0.2) is 36.5 Å². The average Bonchev–Trinajstić information content (AvgIpc) is 3.21. The molecule has 160 valence electrons. The summed E-state index contributed by atoms with van der Waals surface area (Å²) in [6, 6.07) is 7.59. The van der Waals surface area contributed by atoms with Gasteiger partial charge in [0.1, 0.15) is 17.2 Å². The number of nitrogens with zero attached hydrogens (tertiary/aromatic N) is 2. The summed E-state index contributed by atoms with van der Waals surface area (Å²) in [5, 5.41) is 0.857. The molecule has 0 bridgehead atoms. The van der Waals surface area contributed by atoms with Crippen molar-refractivity contribution in [2.75, 3.05) is 0 Å². The number of nitrogens with one attached hydrogen (secondary N) is 1. The van der Waals surface area contributed by atoms with Crippen molar-refractivity contribution in [1.82, 2.24) is 15.0 Å². The van der Waals surface area contributed by atoms with Gasteiger partial charge in [0, 0.05) is 23.6 Å². The normalized spacial score (nSPS) is 20.4. The molecule has 0 amide bonds. The van der Waals surface area contributed by atoms with Gasteiger partial charge in [0.15, 0.2) is 17.5 Å². The van der Waals surface area contributed by atoms with Gasteiger partial charge in [0.05, 0.1) is 11.0 Å².